The molecule has 0 saturated carbocycles. The van der Waals surface area contributed by atoms with Gasteiger partial charge in [0.2, 0.25) is 5.91 Å². The van der Waals surface area contributed by atoms with Crippen molar-refractivity contribution in [3.05, 3.63) is 107 Å². The van der Waals surface area contributed by atoms with E-state index in [1.807, 2.05) is 36.4 Å². The molecule has 0 spiro atoms. The fraction of sp³-hybridized carbons (Fsp3) is 0.167. The Morgan fingerprint density at radius 1 is 0.800 bits per heavy atom. The first kappa shape index (κ1) is 21.2. The van der Waals surface area contributed by atoms with Gasteiger partial charge in [0.25, 0.3) is 5.91 Å². The third-order valence-corrected chi connectivity index (χ3v) is 4.74. The van der Waals surface area contributed by atoms with E-state index in [1.54, 1.807) is 0 Å². The van der Waals surface area contributed by atoms with Crippen LogP contribution in [0.5, 0.6) is 0 Å². The Bertz CT molecular complexity index is 955. The molecule has 3 rings (SSSR count). The maximum Gasteiger partial charge on any atom is 0.254 e. The predicted molar refractivity (Wildman–Crippen MR) is 111 cm³/mol. The molecule has 0 atom stereocenters. The van der Waals surface area contributed by atoms with Crippen molar-refractivity contribution < 1.29 is 18.4 Å². The molecule has 0 aliphatic heterocycles. The zero-order valence-electron chi connectivity index (χ0n) is 16.3. The van der Waals surface area contributed by atoms with E-state index >= 15 is 0 Å². The number of nitrogens with one attached hydrogen (secondary N) is 2. The lowest BCUT2D eigenvalue weighted by Gasteiger charge is -2.18. The molecule has 0 unspecified atom stereocenters. The van der Waals surface area contributed by atoms with E-state index in [-0.39, 0.29) is 23.9 Å². The number of halogens is 2. The number of hydrogen-bond donors (Lipinski definition) is 2. The second-order valence-electron chi connectivity index (χ2n) is 6.82. The Morgan fingerprint density at radius 3 is 1.97 bits per heavy atom. The van der Waals surface area contributed by atoms with E-state index in [1.165, 1.54) is 0 Å². The number of benzene rings is 3. The van der Waals surface area contributed by atoms with Crippen LogP contribution in [-0.2, 0) is 4.79 Å². The van der Waals surface area contributed by atoms with Crippen molar-refractivity contribution >= 4 is 11.8 Å². The smallest absolute Gasteiger partial charge is 0.254 e. The second-order valence-corrected chi connectivity index (χ2v) is 6.82. The molecule has 0 radical (unpaired) electrons. The fourth-order valence-electron chi connectivity index (χ4n) is 3.24. The number of carbonyl (C=O) groups excluding carboxylic acids is 2. The van der Waals surface area contributed by atoms with Gasteiger partial charge in [-0.05, 0) is 29.7 Å². The van der Waals surface area contributed by atoms with Crippen molar-refractivity contribution in [2.45, 2.75) is 12.3 Å². The molecule has 2 N–H and O–H groups in total. The maximum atomic E-state index is 13.6. The molecule has 30 heavy (non-hydrogen) atoms. The molecule has 154 valence electrons. The average Bonchev–Trinajstić information content (AvgIpc) is 2.76. The third kappa shape index (κ3) is 5.73. The van der Waals surface area contributed by atoms with Crippen LogP contribution in [-0.4, -0.2) is 24.9 Å². The molecule has 0 aliphatic rings. The highest BCUT2D eigenvalue weighted by molar-refractivity contribution is 5.96. The van der Waals surface area contributed by atoms with E-state index in [2.05, 4.69) is 34.9 Å². The van der Waals surface area contributed by atoms with Crippen molar-refractivity contribution in [1.82, 2.24) is 10.6 Å². The zero-order chi connectivity index (χ0) is 21.3. The molecule has 6 heteroatoms. The van der Waals surface area contributed by atoms with Crippen LogP contribution >= 0.6 is 0 Å². The molecule has 3 aromatic carbocycles. The molecule has 0 aromatic heterocycles. The normalized spacial score (nSPS) is 10.6. The van der Waals surface area contributed by atoms with Crippen molar-refractivity contribution in [3.8, 4) is 0 Å². The predicted octanol–water partition coefficient (Wildman–Crippen LogP) is 4.03. The lowest BCUT2D eigenvalue weighted by atomic mass is 9.88. The van der Waals surface area contributed by atoms with Gasteiger partial charge in [-0.2, -0.15) is 0 Å². The van der Waals surface area contributed by atoms with Crippen LogP contribution in [0.2, 0.25) is 0 Å². The molecule has 0 heterocycles. The first-order valence-electron chi connectivity index (χ1n) is 9.64. The minimum absolute atomic E-state index is 0.121. The summed E-state index contributed by atoms with van der Waals surface area (Å²) in [6.45, 7) is 0.116. The zero-order valence-corrected chi connectivity index (χ0v) is 16.3. The quantitative estimate of drug-likeness (QED) is 0.591. The Morgan fingerprint density at radius 2 is 1.40 bits per heavy atom. The van der Waals surface area contributed by atoms with E-state index in [0.29, 0.717) is 19.0 Å². The summed E-state index contributed by atoms with van der Waals surface area (Å²) in [5.74, 6) is -2.77. The minimum atomic E-state index is -0.971. The van der Waals surface area contributed by atoms with Gasteiger partial charge in [0.15, 0.2) is 0 Å². The number of carbonyl (C=O) groups is 2. The molecule has 0 fully saturated rings. The van der Waals surface area contributed by atoms with Crippen LogP contribution in [0.15, 0.2) is 78.9 Å². The number of rotatable bonds is 8. The number of amides is 2. The lowest BCUT2D eigenvalue weighted by molar-refractivity contribution is -0.120. The van der Waals surface area contributed by atoms with Gasteiger partial charge in [0, 0.05) is 18.5 Å². The van der Waals surface area contributed by atoms with E-state index in [0.717, 1.165) is 23.3 Å². The van der Waals surface area contributed by atoms with Gasteiger partial charge in [0.05, 0.1) is 12.1 Å². The minimum Gasteiger partial charge on any atom is -0.355 e. The molecule has 4 nitrogen and oxygen atoms in total. The summed E-state index contributed by atoms with van der Waals surface area (Å²) in [5, 5.41) is 5.12. The molecule has 2 amide bonds. The largest absolute Gasteiger partial charge is 0.355 e. The van der Waals surface area contributed by atoms with E-state index < -0.39 is 17.5 Å². The average molecular weight is 408 g/mol. The summed E-state index contributed by atoms with van der Waals surface area (Å²) in [5.41, 5.74) is 1.99. The Hall–Kier alpha value is -3.54. The van der Waals surface area contributed by atoms with Gasteiger partial charge in [-0.25, -0.2) is 8.78 Å². The maximum absolute atomic E-state index is 13.6. The van der Waals surface area contributed by atoms with Crippen molar-refractivity contribution in [3.63, 3.8) is 0 Å². The van der Waals surface area contributed by atoms with Gasteiger partial charge < -0.3 is 10.6 Å². The molecule has 0 aliphatic carbocycles. The van der Waals surface area contributed by atoms with Crippen LogP contribution in [0.25, 0.3) is 0 Å². The topological polar surface area (TPSA) is 58.2 Å². The summed E-state index contributed by atoms with van der Waals surface area (Å²) in [7, 11) is 0. The van der Waals surface area contributed by atoms with Gasteiger partial charge in [0.1, 0.15) is 11.6 Å². The van der Waals surface area contributed by atoms with Crippen molar-refractivity contribution in [2.24, 2.45) is 0 Å². The van der Waals surface area contributed by atoms with Gasteiger partial charge in [-0.3, -0.25) is 9.59 Å². The summed E-state index contributed by atoms with van der Waals surface area (Å²) < 4.78 is 26.6. The van der Waals surface area contributed by atoms with Crippen LogP contribution < -0.4 is 10.6 Å². The standard InChI is InChI=1S/C24H22F2N2O2/c25-19-11-12-21(22(26)15-19)24(30)28-16-23(29)27-14-13-20(17-7-3-1-4-8-17)18-9-5-2-6-10-18/h1-12,15,20H,13-14,16H2,(H,27,29)(H,28,30). The molecular formula is C24H22F2N2O2. The van der Waals surface area contributed by atoms with Gasteiger partial charge in [-0.15, -0.1) is 0 Å². The Kier molecular flexibility index (Phi) is 7.27. The first-order chi connectivity index (χ1) is 14.5. The van der Waals surface area contributed by atoms with Crippen LogP contribution in [0.3, 0.4) is 0 Å². The highest BCUT2D eigenvalue weighted by Crippen LogP contribution is 2.27. The summed E-state index contributed by atoms with van der Waals surface area (Å²) in [6.07, 6.45) is 0.681. The Labute approximate surface area is 173 Å². The van der Waals surface area contributed by atoms with Crippen LogP contribution in [0, 0.1) is 11.6 Å². The monoisotopic (exact) mass is 408 g/mol. The van der Waals surface area contributed by atoms with Crippen LogP contribution in [0.1, 0.15) is 33.8 Å². The fourth-order valence-corrected chi connectivity index (χ4v) is 3.24. The highest BCUT2D eigenvalue weighted by Gasteiger charge is 2.16. The Balaban J connectivity index is 1.52. The van der Waals surface area contributed by atoms with Gasteiger partial charge >= 0.3 is 0 Å². The first-order valence-corrected chi connectivity index (χ1v) is 9.64. The third-order valence-electron chi connectivity index (χ3n) is 4.74. The summed E-state index contributed by atoms with van der Waals surface area (Å²) in [4.78, 5) is 24.1. The summed E-state index contributed by atoms with van der Waals surface area (Å²) in [6, 6.07) is 22.7. The SMILES string of the molecule is O=C(CNC(=O)c1ccc(F)cc1F)NCCC(c1ccccc1)c1ccccc1. The van der Waals surface area contributed by atoms with E-state index in [9.17, 15) is 18.4 Å². The van der Waals surface area contributed by atoms with Crippen molar-refractivity contribution in [2.75, 3.05) is 13.1 Å². The molecule has 3 aromatic rings. The highest BCUT2D eigenvalue weighted by atomic mass is 19.1. The summed E-state index contributed by atoms with van der Waals surface area (Å²) >= 11 is 0. The molecule has 0 bridgehead atoms. The second kappa shape index (κ2) is 10.3. The van der Waals surface area contributed by atoms with E-state index in [4.69, 9.17) is 0 Å². The van der Waals surface area contributed by atoms with Crippen molar-refractivity contribution in [1.29, 1.82) is 0 Å². The number of hydrogen-bond acceptors (Lipinski definition) is 2. The van der Waals surface area contributed by atoms with Gasteiger partial charge in [-0.1, -0.05) is 60.7 Å². The van der Waals surface area contributed by atoms with Crippen LogP contribution in [0.4, 0.5) is 8.78 Å². The lowest BCUT2D eigenvalue weighted by Crippen LogP contribution is -2.37. The molecule has 0 saturated heterocycles. The molecular weight excluding hydrogens is 386 g/mol.